The van der Waals surface area contributed by atoms with Crippen LogP contribution in [-0.4, -0.2) is 59.1 Å². The fraction of sp³-hybridized carbons (Fsp3) is 0.632. The van der Waals surface area contributed by atoms with Gasteiger partial charge in [0, 0.05) is 20.1 Å². The van der Waals surface area contributed by atoms with Crippen molar-refractivity contribution in [2.75, 3.05) is 20.6 Å². The Labute approximate surface area is 168 Å². The summed E-state index contributed by atoms with van der Waals surface area (Å²) in [5, 5.41) is 5.14. The zero-order chi connectivity index (χ0) is 22.1. The number of alkyl halides is 3. The highest BCUT2D eigenvalue weighted by Crippen LogP contribution is 2.34. The normalized spacial score (nSPS) is 16.6. The molecule has 29 heavy (non-hydrogen) atoms. The molecule has 7 nitrogen and oxygen atoms in total. The number of fused-ring (bicyclic) bond motifs is 1. The van der Waals surface area contributed by atoms with Crippen molar-refractivity contribution in [2.24, 2.45) is 5.41 Å². The van der Waals surface area contributed by atoms with E-state index in [1.807, 2.05) is 11.9 Å². The first-order chi connectivity index (χ1) is 13.3. The van der Waals surface area contributed by atoms with Gasteiger partial charge >= 0.3 is 6.18 Å². The van der Waals surface area contributed by atoms with E-state index in [4.69, 9.17) is 0 Å². The SMILES string of the molecule is C=C(c1nc(C(=O)N[C@H](C(=O)NC)C(C)(C)C)c2n1CCCN(C)C2)C(F)(F)F. The summed E-state index contributed by atoms with van der Waals surface area (Å²) in [5.74, 6) is -1.44. The number of halogens is 3. The van der Waals surface area contributed by atoms with Gasteiger partial charge in [-0.1, -0.05) is 27.4 Å². The fourth-order valence-electron chi connectivity index (χ4n) is 3.28. The molecular formula is C19H28F3N5O2. The molecule has 2 rings (SSSR count). The topological polar surface area (TPSA) is 79.3 Å². The van der Waals surface area contributed by atoms with Crippen LogP contribution in [-0.2, 0) is 17.9 Å². The molecule has 1 aromatic heterocycles. The molecular weight excluding hydrogens is 387 g/mol. The molecule has 2 amide bonds. The summed E-state index contributed by atoms with van der Waals surface area (Å²) < 4.78 is 41.3. The smallest absolute Gasteiger partial charge is 0.357 e. The minimum Gasteiger partial charge on any atom is -0.357 e. The second-order valence-electron chi connectivity index (χ2n) is 8.34. The van der Waals surface area contributed by atoms with E-state index >= 15 is 0 Å². The van der Waals surface area contributed by atoms with E-state index in [2.05, 4.69) is 22.2 Å². The van der Waals surface area contributed by atoms with E-state index < -0.39 is 35.0 Å². The summed E-state index contributed by atoms with van der Waals surface area (Å²) in [5.41, 5.74) is -1.44. The van der Waals surface area contributed by atoms with Gasteiger partial charge in [-0.25, -0.2) is 4.98 Å². The Balaban J connectivity index is 2.51. The lowest BCUT2D eigenvalue weighted by Crippen LogP contribution is -2.53. The number of carbonyl (C=O) groups is 2. The fourth-order valence-corrected chi connectivity index (χ4v) is 3.28. The maximum absolute atomic E-state index is 13.3. The van der Waals surface area contributed by atoms with Crippen molar-refractivity contribution in [3.05, 3.63) is 23.8 Å². The van der Waals surface area contributed by atoms with Gasteiger partial charge in [0.15, 0.2) is 5.69 Å². The van der Waals surface area contributed by atoms with Crippen molar-refractivity contribution >= 4 is 17.4 Å². The molecule has 0 spiro atoms. The Kier molecular flexibility index (Phi) is 6.46. The van der Waals surface area contributed by atoms with Crippen molar-refractivity contribution in [1.29, 1.82) is 0 Å². The van der Waals surface area contributed by atoms with Gasteiger partial charge in [0.1, 0.15) is 11.9 Å². The zero-order valence-electron chi connectivity index (χ0n) is 17.4. The summed E-state index contributed by atoms with van der Waals surface area (Å²) >= 11 is 0. The third-order valence-electron chi connectivity index (χ3n) is 4.89. The molecule has 2 heterocycles. The maximum Gasteiger partial charge on any atom is 0.419 e. The van der Waals surface area contributed by atoms with Crippen LogP contribution in [0.15, 0.2) is 6.58 Å². The van der Waals surface area contributed by atoms with Gasteiger partial charge in [0.25, 0.3) is 5.91 Å². The molecule has 1 aliphatic heterocycles. The van der Waals surface area contributed by atoms with Crippen molar-refractivity contribution in [1.82, 2.24) is 25.1 Å². The number of rotatable bonds is 4. The van der Waals surface area contributed by atoms with Gasteiger partial charge in [-0.2, -0.15) is 13.2 Å². The van der Waals surface area contributed by atoms with Crippen LogP contribution in [0.1, 0.15) is 49.2 Å². The van der Waals surface area contributed by atoms with E-state index in [1.54, 1.807) is 20.8 Å². The number of hydrogen-bond donors (Lipinski definition) is 2. The quantitative estimate of drug-likeness (QED) is 0.790. The average Bonchev–Trinajstić information content (AvgIpc) is 2.83. The lowest BCUT2D eigenvalue weighted by atomic mass is 9.86. The number of carbonyl (C=O) groups excluding carboxylic acids is 2. The van der Waals surface area contributed by atoms with Crippen molar-refractivity contribution in [2.45, 2.75) is 52.5 Å². The van der Waals surface area contributed by atoms with Crippen molar-refractivity contribution in [3.63, 3.8) is 0 Å². The number of nitrogens with zero attached hydrogens (tertiary/aromatic N) is 3. The highest BCUT2D eigenvalue weighted by molar-refractivity contribution is 5.97. The van der Waals surface area contributed by atoms with Crippen LogP contribution in [0.25, 0.3) is 5.57 Å². The molecule has 0 saturated heterocycles. The first-order valence-corrected chi connectivity index (χ1v) is 9.34. The van der Waals surface area contributed by atoms with Gasteiger partial charge in [-0.3, -0.25) is 9.59 Å². The third-order valence-corrected chi connectivity index (χ3v) is 4.89. The number of likely N-dealkylation sites (N-methyl/N-ethyl adjacent to an activating group) is 1. The second-order valence-corrected chi connectivity index (χ2v) is 8.34. The van der Waals surface area contributed by atoms with Crippen molar-refractivity contribution in [3.8, 4) is 0 Å². The van der Waals surface area contributed by atoms with E-state index in [0.717, 1.165) is 0 Å². The Morgan fingerprint density at radius 2 is 1.83 bits per heavy atom. The summed E-state index contributed by atoms with van der Waals surface area (Å²) in [6, 6.07) is -0.880. The summed E-state index contributed by atoms with van der Waals surface area (Å²) in [6.07, 6.45) is -4.05. The van der Waals surface area contributed by atoms with E-state index in [-0.39, 0.29) is 18.1 Å². The number of nitrogens with one attached hydrogen (secondary N) is 2. The first-order valence-electron chi connectivity index (χ1n) is 9.34. The van der Waals surface area contributed by atoms with Crippen LogP contribution in [0.2, 0.25) is 0 Å². The number of aromatic nitrogens is 2. The summed E-state index contributed by atoms with van der Waals surface area (Å²) in [6.45, 7) is 9.73. The Hall–Kier alpha value is -2.36. The molecule has 162 valence electrons. The van der Waals surface area contributed by atoms with Crippen LogP contribution in [0, 0.1) is 5.41 Å². The van der Waals surface area contributed by atoms with Gasteiger partial charge in [0.2, 0.25) is 5.91 Å². The second kappa shape index (κ2) is 8.17. The summed E-state index contributed by atoms with van der Waals surface area (Å²) in [7, 11) is 3.28. The molecule has 0 unspecified atom stereocenters. The molecule has 0 saturated carbocycles. The molecule has 0 aliphatic carbocycles. The van der Waals surface area contributed by atoms with Crippen LogP contribution >= 0.6 is 0 Å². The number of hydrogen-bond acceptors (Lipinski definition) is 4. The first kappa shape index (κ1) is 22.9. The van der Waals surface area contributed by atoms with Gasteiger partial charge < -0.3 is 20.1 Å². The number of imidazole rings is 1. The van der Waals surface area contributed by atoms with Gasteiger partial charge in [0.05, 0.1) is 11.3 Å². The molecule has 0 bridgehead atoms. The van der Waals surface area contributed by atoms with Crippen LogP contribution in [0.4, 0.5) is 13.2 Å². The Bertz CT molecular complexity index is 808. The Morgan fingerprint density at radius 1 is 1.21 bits per heavy atom. The molecule has 0 aromatic carbocycles. The molecule has 0 fully saturated rings. The van der Waals surface area contributed by atoms with Crippen LogP contribution in [0.5, 0.6) is 0 Å². The van der Waals surface area contributed by atoms with Crippen LogP contribution < -0.4 is 10.6 Å². The molecule has 1 atom stereocenters. The van der Waals surface area contributed by atoms with Gasteiger partial charge in [-0.15, -0.1) is 0 Å². The van der Waals surface area contributed by atoms with Crippen LogP contribution in [0.3, 0.4) is 0 Å². The maximum atomic E-state index is 13.3. The minimum absolute atomic E-state index is 0.114. The van der Waals surface area contributed by atoms with E-state index in [9.17, 15) is 22.8 Å². The predicted octanol–water partition coefficient (Wildman–Crippen LogP) is 2.18. The summed E-state index contributed by atoms with van der Waals surface area (Å²) in [4.78, 5) is 31.2. The average molecular weight is 415 g/mol. The number of allylic oxidation sites excluding steroid dienone is 1. The number of amides is 2. The molecule has 1 aliphatic rings. The zero-order valence-corrected chi connectivity index (χ0v) is 17.4. The monoisotopic (exact) mass is 415 g/mol. The van der Waals surface area contributed by atoms with Gasteiger partial charge in [-0.05, 0) is 25.4 Å². The molecule has 0 radical (unpaired) electrons. The highest BCUT2D eigenvalue weighted by atomic mass is 19.4. The van der Waals surface area contributed by atoms with E-state index in [1.165, 1.54) is 11.6 Å². The predicted molar refractivity (Wildman–Crippen MR) is 103 cm³/mol. The molecule has 2 N–H and O–H groups in total. The Morgan fingerprint density at radius 3 is 2.34 bits per heavy atom. The third kappa shape index (κ3) is 4.98. The lowest BCUT2D eigenvalue weighted by Gasteiger charge is -2.29. The van der Waals surface area contributed by atoms with E-state index in [0.29, 0.717) is 25.2 Å². The highest BCUT2D eigenvalue weighted by Gasteiger charge is 2.39. The molecule has 10 heteroatoms. The molecule has 1 aromatic rings. The largest absolute Gasteiger partial charge is 0.419 e. The lowest BCUT2D eigenvalue weighted by molar-refractivity contribution is -0.124. The van der Waals surface area contributed by atoms with Crippen molar-refractivity contribution < 1.29 is 22.8 Å². The minimum atomic E-state index is -4.66. The standard InChI is InChI=1S/C19H28F3N5O2/c1-11(19(20,21)22)15-24-13(12-10-26(6)8-7-9-27(12)15)16(28)25-14(17(29)23-5)18(2,3)4/h14H,1,7-10H2,2-6H3,(H,23,29)(H,25,28)/t14-/m1/s1.